The van der Waals surface area contributed by atoms with Gasteiger partial charge in [0.25, 0.3) is 5.91 Å². The Hall–Kier alpha value is -2.61. The topological polar surface area (TPSA) is 63.2 Å². The number of carbonyl (C=O) groups excluding carboxylic acids is 1. The third-order valence-corrected chi connectivity index (χ3v) is 4.32. The summed E-state index contributed by atoms with van der Waals surface area (Å²) in [4.78, 5) is 16.0. The lowest BCUT2D eigenvalue weighted by atomic mass is 9.95. The number of nitrogens with zero attached hydrogens (tertiary/aromatic N) is 1. The minimum Gasteiger partial charge on any atom is -0.496 e. The fourth-order valence-corrected chi connectivity index (χ4v) is 2.98. The Bertz CT molecular complexity index is 803. The molecule has 1 aromatic heterocycles. The second-order valence-electron chi connectivity index (χ2n) is 6.06. The van der Waals surface area contributed by atoms with Crippen LogP contribution in [0.2, 0.25) is 0 Å². The molecule has 0 spiro atoms. The van der Waals surface area contributed by atoms with Gasteiger partial charge in [0.1, 0.15) is 5.75 Å². The van der Waals surface area contributed by atoms with Crippen LogP contribution in [0, 0.1) is 0 Å². The van der Waals surface area contributed by atoms with E-state index in [4.69, 9.17) is 4.74 Å². The molecule has 2 heterocycles. The van der Waals surface area contributed by atoms with Crippen molar-refractivity contribution in [1.82, 2.24) is 10.3 Å². The molecule has 8 heteroatoms. The molecule has 1 unspecified atom stereocenters. The SMILES string of the molecule is COc1ccc(C(=O)Nc2cncc(C(F)(F)F)c2)cc1C1CCNC1. The minimum absolute atomic E-state index is 0.00951. The average Bonchev–Trinajstić information content (AvgIpc) is 3.15. The van der Waals surface area contributed by atoms with Gasteiger partial charge in [0.15, 0.2) is 0 Å². The van der Waals surface area contributed by atoms with E-state index in [9.17, 15) is 18.0 Å². The van der Waals surface area contributed by atoms with Crippen molar-refractivity contribution < 1.29 is 22.7 Å². The fraction of sp³-hybridized carbons (Fsp3) is 0.333. The van der Waals surface area contributed by atoms with Crippen molar-refractivity contribution in [2.75, 3.05) is 25.5 Å². The molecule has 0 saturated carbocycles. The molecule has 1 saturated heterocycles. The van der Waals surface area contributed by atoms with Gasteiger partial charge in [-0.2, -0.15) is 13.2 Å². The van der Waals surface area contributed by atoms with E-state index < -0.39 is 17.6 Å². The Labute approximate surface area is 148 Å². The van der Waals surface area contributed by atoms with E-state index in [2.05, 4.69) is 15.6 Å². The van der Waals surface area contributed by atoms with Crippen molar-refractivity contribution in [2.24, 2.45) is 0 Å². The summed E-state index contributed by atoms with van der Waals surface area (Å²) in [5, 5.41) is 5.73. The van der Waals surface area contributed by atoms with Crippen LogP contribution >= 0.6 is 0 Å². The Morgan fingerprint density at radius 3 is 2.77 bits per heavy atom. The van der Waals surface area contributed by atoms with Crippen molar-refractivity contribution in [1.29, 1.82) is 0 Å². The van der Waals surface area contributed by atoms with Crippen LogP contribution in [0.3, 0.4) is 0 Å². The molecule has 1 aromatic carbocycles. The molecule has 1 amide bonds. The summed E-state index contributed by atoms with van der Waals surface area (Å²) in [5.41, 5.74) is 0.338. The molecule has 2 aromatic rings. The maximum atomic E-state index is 12.8. The monoisotopic (exact) mass is 365 g/mol. The van der Waals surface area contributed by atoms with E-state index >= 15 is 0 Å². The number of hydrogen-bond donors (Lipinski definition) is 2. The van der Waals surface area contributed by atoms with Crippen molar-refractivity contribution in [3.8, 4) is 5.75 Å². The van der Waals surface area contributed by atoms with Crippen molar-refractivity contribution in [2.45, 2.75) is 18.5 Å². The molecule has 1 aliphatic rings. The highest BCUT2D eigenvalue weighted by molar-refractivity contribution is 6.04. The number of alkyl halides is 3. The number of hydrogen-bond acceptors (Lipinski definition) is 4. The van der Waals surface area contributed by atoms with Crippen LogP contribution in [0.15, 0.2) is 36.7 Å². The molecule has 0 radical (unpaired) electrons. The van der Waals surface area contributed by atoms with E-state index in [1.807, 2.05) is 0 Å². The van der Waals surface area contributed by atoms with E-state index in [-0.39, 0.29) is 11.6 Å². The number of rotatable bonds is 4. The molecule has 0 aliphatic carbocycles. The molecule has 26 heavy (non-hydrogen) atoms. The zero-order valence-electron chi connectivity index (χ0n) is 14.1. The van der Waals surface area contributed by atoms with Gasteiger partial charge < -0.3 is 15.4 Å². The van der Waals surface area contributed by atoms with Crippen molar-refractivity contribution >= 4 is 11.6 Å². The number of ether oxygens (including phenoxy) is 1. The van der Waals surface area contributed by atoms with Gasteiger partial charge in [-0.3, -0.25) is 9.78 Å². The van der Waals surface area contributed by atoms with Crippen LogP contribution in [0.5, 0.6) is 5.75 Å². The number of benzene rings is 1. The lowest BCUT2D eigenvalue weighted by molar-refractivity contribution is -0.137. The Kier molecular flexibility index (Phi) is 5.13. The van der Waals surface area contributed by atoms with Gasteiger partial charge in [0.05, 0.1) is 24.6 Å². The molecule has 2 N–H and O–H groups in total. The molecule has 1 aliphatic heterocycles. The standard InChI is InChI=1S/C18H18F3N3O2/c1-26-16-3-2-11(6-15(16)12-4-5-22-8-12)17(25)24-14-7-13(9-23-10-14)18(19,20)21/h2-3,6-7,9-10,12,22H,4-5,8H2,1H3,(H,24,25). The van der Waals surface area contributed by atoms with E-state index in [1.165, 1.54) is 6.20 Å². The summed E-state index contributed by atoms with van der Waals surface area (Å²) >= 11 is 0. The first-order chi connectivity index (χ1) is 12.4. The first kappa shape index (κ1) is 18.2. The summed E-state index contributed by atoms with van der Waals surface area (Å²) < 4.78 is 43.7. The van der Waals surface area contributed by atoms with Crippen LogP contribution < -0.4 is 15.4 Å². The van der Waals surface area contributed by atoms with Crippen molar-refractivity contribution in [3.63, 3.8) is 0 Å². The predicted molar refractivity (Wildman–Crippen MR) is 90.4 cm³/mol. The van der Waals surface area contributed by atoms with Crippen LogP contribution in [0.1, 0.15) is 33.8 Å². The average molecular weight is 365 g/mol. The quantitative estimate of drug-likeness (QED) is 0.871. The highest BCUT2D eigenvalue weighted by atomic mass is 19.4. The normalized spacial score (nSPS) is 17.2. The number of carbonyl (C=O) groups is 1. The molecular weight excluding hydrogens is 347 g/mol. The fourth-order valence-electron chi connectivity index (χ4n) is 2.98. The summed E-state index contributed by atoms with van der Waals surface area (Å²) in [6.45, 7) is 1.68. The first-order valence-electron chi connectivity index (χ1n) is 8.10. The maximum absolute atomic E-state index is 12.8. The Balaban J connectivity index is 1.83. The van der Waals surface area contributed by atoms with Gasteiger partial charge in [-0.15, -0.1) is 0 Å². The summed E-state index contributed by atoms with van der Waals surface area (Å²) in [7, 11) is 1.56. The van der Waals surface area contributed by atoms with Crippen LogP contribution in [0.25, 0.3) is 0 Å². The Morgan fingerprint density at radius 2 is 2.12 bits per heavy atom. The van der Waals surface area contributed by atoms with Gasteiger partial charge in [-0.1, -0.05) is 0 Å². The number of methoxy groups -OCH3 is 1. The summed E-state index contributed by atoms with van der Waals surface area (Å²) in [6.07, 6.45) is -1.69. The second kappa shape index (κ2) is 7.33. The molecule has 3 rings (SSSR count). The lowest BCUT2D eigenvalue weighted by Gasteiger charge is -2.15. The molecular formula is C18H18F3N3O2. The molecule has 138 valence electrons. The van der Waals surface area contributed by atoms with Gasteiger partial charge in [-0.05, 0) is 42.8 Å². The Morgan fingerprint density at radius 1 is 1.31 bits per heavy atom. The van der Waals surface area contributed by atoms with Crippen molar-refractivity contribution in [3.05, 3.63) is 53.3 Å². The van der Waals surface area contributed by atoms with E-state index in [0.29, 0.717) is 17.5 Å². The number of pyridine rings is 1. The third-order valence-electron chi connectivity index (χ3n) is 4.32. The number of halogens is 3. The second-order valence-corrected chi connectivity index (χ2v) is 6.06. The van der Waals surface area contributed by atoms with Gasteiger partial charge in [0, 0.05) is 24.2 Å². The summed E-state index contributed by atoms with van der Waals surface area (Å²) in [6, 6.07) is 5.87. The van der Waals surface area contributed by atoms with Crippen LogP contribution in [0.4, 0.5) is 18.9 Å². The zero-order chi connectivity index (χ0) is 18.7. The molecule has 0 bridgehead atoms. The molecule has 1 atom stereocenters. The first-order valence-corrected chi connectivity index (χ1v) is 8.10. The van der Waals surface area contributed by atoms with Crippen LogP contribution in [-0.4, -0.2) is 31.1 Å². The maximum Gasteiger partial charge on any atom is 0.417 e. The van der Waals surface area contributed by atoms with Crippen LogP contribution in [-0.2, 0) is 6.18 Å². The summed E-state index contributed by atoms with van der Waals surface area (Å²) in [5.74, 6) is 0.421. The zero-order valence-corrected chi connectivity index (χ0v) is 14.1. The number of aromatic nitrogens is 1. The van der Waals surface area contributed by atoms with E-state index in [0.717, 1.165) is 31.1 Å². The number of nitrogens with one attached hydrogen (secondary N) is 2. The van der Waals surface area contributed by atoms with Gasteiger partial charge in [0.2, 0.25) is 0 Å². The highest BCUT2D eigenvalue weighted by Crippen LogP contribution is 2.32. The highest BCUT2D eigenvalue weighted by Gasteiger charge is 2.31. The lowest BCUT2D eigenvalue weighted by Crippen LogP contribution is -2.15. The number of amides is 1. The van der Waals surface area contributed by atoms with Gasteiger partial charge >= 0.3 is 6.18 Å². The number of anilines is 1. The molecule has 5 nitrogen and oxygen atoms in total. The minimum atomic E-state index is -4.52. The molecule has 1 fully saturated rings. The third kappa shape index (κ3) is 3.96. The van der Waals surface area contributed by atoms with Gasteiger partial charge in [-0.25, -0.2) is 0 Å². The van der Waals surface area contributed by atoms with E-state index in [1.54, 1.807) is 25.3 Å². The largest absolute Gasteiger partial charge is 0.496 e. The smallest absolute Gasteiger partial charge is 0.417 e. The predicted octanol–water partition coefficient (Wildman–Crippen LogP) is 3.44.